The molecule has 1 aromatic carbocycles. The van der Waals surface area contributed by atoms with E-state index >= 15 is 0 Å². The fraction of sp³-hybridized carbons (Fsp3) is 0.294. The zero-order valence-electron chi connectivity index (χ0n) is 13.2. The predicted octanol–water partition coefficient (Wildman–Crippen LogP) is 1.77. The molecule has 4 rings (SSSR count). The zero-order valence-corrected chi connectivity index (χ0v) is 13.2. The zero-order chi connectivity index (χ0) is 16.7. The molecule has 1 saturated heterocycles. The van der Waals surface area contributed by atoms with Crippen LogP contribution in [-0.4, -0.2) is 32.8 Å². The molecule has 0 amide bonds. The lowest BCUT2D eigenvalue weighted by molar-refractivity contribution is 0.752. The number of anilines is 1. The number of fused-ring (bicyclic) bond motifs is 1. The Morgan fingerprint density at radius 1 is 1.38 bits per heavy atom. The molecule has 2 aromatic heterocycles. The highest BCUT2D eigenvalue weighted by Gasteiger charge is 2.24. The Kier molecular flexibility index (Phi) is 3.31. The predicted molar refractivity (Wildman–Crippen MR) is 90.2 cm³/mol. The average molecular weight is 320 g/mol. The monoisotopic (exact) mass is 320 g/mol. The van der Waals surface area contributed by atoms with Gasteiger partial charge in [0.05, 0.1) is 17.7 Å². The van der Waals surface area contributed by atoms with Gasteiger partial charge in [0.15, 0.2) is 5.65 Å². The Morgan fingerprint density at radius 2 is 2.21 bits per heavy atom. The summed E-state index contributed by atoms with van der Waals surface area (Å²) in [5, 5.41) is 14.0. The van der Waals surface area contributed by atoms with Crippen molar-refractivity contribution in [3.63, 3.8) is 0 Å². The van der Waals surface area contributed by atoms with Gasteiger partial charge in [-0.05, 0) is 25.0 Å². The number of nitriles is 1. The highest BCUT2D eigenvalue weighted by Crippen LogP contribution is 2.21. The van der Waals surface area contributed by atoms with Crippen molar-refractivity contribution >= 4 is 17.0 Å². The van der Waals surface area contributed by atoms with Gasteiger partial charge in [-0.25, -0.2) is 4.68 Å². The van der Waals surface area contributed by atoms with Crippen LogP contribution in [-0.2, 0) is 0 Å². The van der Waals surface area contributed by atoms with E-state index in [1.165, 1.54) is 0 Å². The van der Waals surface area contributed by atoms with Crippen LogP contribution in [0.3, 0.4) is 0 Å². The summed E-state index contributed by atoms with van der Waals surface area (Å²) in [5.41, 5.74) is 2.19. The Balaban J connectivity index is 1.78. The summed E-state index contributed by atoms with van der Waals surface area (Å²) in [6, 6.07) is 10.1. The van der Waals surface area contributed by atoms with Gasteiger partial charge < -0.3 is 4.90 Å². The minimum atomic E-state index is -0.213. The molecule has 1 aliphatic heterocycles. The molecule has 1 N–H and O–H groups in total. The molecular weight excluding hydrogens is 304 g/mol. The number of hydrogen-bond acceptors (Lipinski definition) is 5. The summed E-state index contributed by atoms with van der Waals surface area (Å²) < 4.78 is 1.69. The number of aryl methyl sites for hydroxylation is 1. The third kappa shape index (κ3) is 2.33. The number of nitrogens with zero attached hydrogens (tertiary/aromatic N) is 5. The van der Waals surface area contributed by atoms with Crippen molar-refractivity contribution in [2.24, 2.45) is 5.92 Å². The Labute approximate surface area is 138 Å². The van der Waals surface area contributed by atoms with Gasteiger partial charge >= 0.3 is 0 Å². The quantitative estimate of drug-likeness (QED) is 0.777. The maximum absolute atomic E-state index is 12.4. The third-order valence-electron chi connectivity index (χ3n) is 4.41. The van der Waals surface area contributed by atoms with Crippen molar-refractivity contribution in [2.75, 3.05) is 18.0 Å². The molecule has 0 aliphatic carbocycles. The van der Waals surface area contributed by atoms with Crippen molar-refractivity contribution in [1.29, 1.82) is 5.26 Å². The summed E-state index contributed by atoms with van der Waals surface area (Å²) in [6.45, 7) is 3.30. The number of hydrogen-bond donors (Lipinski definition) is 1. The van der Waals surface area contributed by atoms with Crippen LogP contribution in [0.25, 0.3) is 16.7 Å². The lowest BCUT2D eigenvalue weighted by Crippen LogP contribution is -2.24. The van der Waals surface area contributed by atoms with Crippen molar-refractivity contribution in [2.45, 2.75) is 13.3 Å². The first-order chi connectivity index (χ1) is 11.7. The number of aromatic nitrogens is 4. The third-order valence-corrected chi connectivity index (χ3v) is 4.41. The van der Waals surface area contributed by atoms with Crippen LogP contribution in [0.5, 0.6) is 0 Å². The molecule has 0 bridgehead atoms. The van der Waals surface area contributed by atoms with Crippen LogP contribution in [0.4, 0.5) is 5.95 Å². The molecule has 1 fully saturated rings. The Bertz CT molecular complexity index is 1010. The topological polar surface area (TPSA) is 90.6 Å². The van der Waals surface area contributed by atoms with E-state index in [1.54, 1.807) is 10.9 Å². The molecule has 1 aliphatic rings. The molecule has 24 heavy (non-hydrogen) atoms. The molecule has 0 spiro atoms. The number of rotatable bonds is 2. The van der Waals surface area contributed by atoms with Crippen molar-refractivity contribution in [3.8, 4) is 11.8 Å². The first-order valence-corrected chi connectivity index (χ1v) is 7.86. The SMILES string of the molecule is Cc1ccccc1-n1cc2c(=O)[nH]c(N3CCC(C#N)C3)nc2n1. The van der Waals surface area contributed by atoms with Crippen LogP contribution in [0, 0.1) is 24.2 Å². The average Bonchev–Trinajstić information content (AvgIpc) is 3.22. The summed E-state index contributed by atoms with van der Waals surface area (Å²) in [5.74, 6) is 0.468. The van der Waals surface area contributed by atoms with E-state index in [0.717, 1.165) is 17.7 Å². The summed E-state index contributed by atoms with van der Waals surface area (Å²) in [4.78, 5) is 21.6. The first-order valence-electron chi connectivity index (χ1n) is 7.86. The molecule has 120 valence electrons. The second-order valence-corrected chi connectivity index (χ2v) is 6.05. The molecule has 1 atom stereocenters. The Morgan fingerprint density at radius 3 is 2.96 bits per heavy atom. The van der Waals surface area contributed by atoms with Gasteiger partial charge in [0, 0.05) is 19.3 Å². The summed E-state index contributed by atoms with van der Waals surface area (Å²) >= 11 is 0. The lowest BCUT2D eigenvalue weighted by atomic mass is 10.1. The van der Waals surface area contributed by atoms with E-state index in [-0.39, 0.29) is 11.5 Å². The summed E-state index contributed by atoms with van der Waals surface area (Å²) in [6.07, 6.45) is 2.49. The highest BCUT2D eigenvalue weighted by atomic mass is 16.1. The van der Waals surface area contributed by atoms with Gasteiger partial charge in [0.25, 0.3) is 5.56 Å². The van der Waals surface area contributed by atoms with E-state index in [1.807, 2.05) is 36.1 Å². The van der Waals surface area contributed by atoms with Gasteiger partial charge in [0.1, 0.15) is 5.39 Å². The number of aromatic amines is 1. The van der Waals surface area contributed by atoms with Crippen LogP contribution in [0.15, 0.2) is 35.3 Å². The van der Waals surface area contributed by atoms with E-state index in [2.05, 4.69) is 21.1 Å². The molecule has 1 unspecified atom stereocenters. The molecule has 7 heteroatoms. The van der Waals surface area contributed by atoms with Crippen LogP contribution in [0.2, 0.25) is 0 Å². The fourth-order valence-corrected chi connectivity index (χ4v) is 3.06. The smallest absolute Gasteiger partial charge is 0.263 e. The van der Waals surface area contributed by atoms with E-state index < -0.39 is 0 Å². The minimum absolute atomic E-state index is 0.0180. The molecule has 7 nitrogen and oxygen atoms in total. The maximum atomic E-state index is 12.4. The number of nitrogens with one attached hydrogen (secondary N) is 1. The van der Waals surface area contributed by atoms with E-state index in [0.29, 0.717) is 30.1 Å². The largest absolute Gasteiger partial charge is 0.341 e. The standard InChI is InChI=1S/C17H16N6O/c1-11-4-2-3-5-14(11)23-10-13-15(21-23)19-17(20-16(13)24)22-7-6-12(8-18)9-22/h2-5,10,12H,6-7,9H2,1H3,(H,19,20,21,24). The lowest BCUT2D eigenvalue weighted by Gasteiger charge is -2.14. The second-order valence-electron chi connectivity index (χ2n) is 6.05. The second kappa shape index (κ2) is 5.49. The number of H-pyrrole nitrogens is 1. The summed E-state index contributed by atoms with van der Waals surface area (Å²) in [7, 11) is 0. The molecule has 3 heterocycles. The van der Waals surface area contributed by atoms with Crippen LogP contribution < -0.4 is 10.5 Å². The minimum Gasteiger partial charge on any atom is -0.341 e. The van der Waals surface area contributed by atoms with Crippen molar-refractivity contribution in [1.82, 2.24) is 19.7 Å². The maximum Gasteiger partial charge on any atom is 0.263 e. The number of para-hydroxylation sites is 1. The van der Waals surface area contributed by atoms with E-state index in [9.17, 15) is 4.79 Å². The molecule has 0 saturated carbocycles. The molecular formula is C17H16N6O. The van der Waals surface area contributed by atoms with Crippen LogP contribution in [0.1, 0.15) is 12.0 Å². The van der Waals surface area contributed by atoms with Crippen molar-refractivity contribution in [3.05, 3.63) is 46.4 Å². The molecule has 0 radical (unpaired) electrons. The van der Waals surface area contributed by atoms with Gasteiger partial charge in [0.2, 0.25) is 5.95 Å². The van der Waals surface area contributed by atoms with Crippen LogP contribution >= 0.6 is 0 Å². The fourth-order valence-electron chi connectivity index (χ4n) is 3.06. The van der Waals surface area contributed by atoms with Gasteiger partial charge in [-0.3, -0.25) is 9.78 Å². The van der Waals surface area contributed by atoms with Gasteiger partial charge in [-0.2, -0.15) is 10.2 Å². The molecule has 3 aromatic rings. The van der Waals surface area contributed by atoms with Gasteiger partial charge in [-0.1, -0.05) is 18.2 Å². The van der Waals surface area contributed by atoms with Crippen molar-refractivity contribution < 1.29 is 0 Å². The highest BCUT2D eigenvalue weighted by molar-refractivity contribution is 5.74. The van der Waals surface area contributed by atoms with Gasteiger partial charge in [-0.15, -0.1) is 5.10 Å². The van der Waals surface area contributed by atoms with E-state index in [4.69, 9.17) is 5.26 Å². The Hall–Kier alpha value is -3.14. The normalized spacial score (nSPS) is 17.3. The number of benzene rings is 1. The first kappa shape index (κ1) is 14.5.